The summed E-state index contributed by atoms with van der Waals surface area (Å²) >= 11 is 1.30. The van der Waals surface area contributed by atoms with Gasteiger partial charge in [0.25, 0.3) is 21.9 Å². The number of amides is 5. The minimum atomic E-state index is -4.22. The number of Topliss-reactive ketones (excluding diaryl/α,β-unsaturated/α-hetero) is 1. The Labute approximate surface area is 515 Å². The smallest absolute Gasteiger partial charge is 0.277 e. The van der Waals surface area contributed by atoms with Crippen LogP contribution in [0.15, 0.2) is 91.0 Å². The number of ketones is 1. The van der Waals surface area contributed by atoms with Gasteiger partial charge in [0.1, 0.15) is 24.2 Å². The van der Waals surface area contributed by atoms with Crippen LogP contribution in [-0.4, -0.2) is 139 Å². The molecule has 5 aromatic rings. The van der Waals surface area contributed by atoms with Crippen molar-refractivity contribution in [2.45, 2.75) is 126 Å². The molecule has 3 unspecified atom stereocenters. The molecular formula is C64H74N6O12S4. The Bertz CT molecular complexity index is 3560. The van der Waals surface area contributed by atoms with Crippen molar-refractivity contribution in [1.29, 1.82) is 0 Å². The number of likely N-dealkylation sites (tertiary alicyclic amines) is 1. The SMILES string of the molecule is COc1cc2c(cc1OCc1cc(COc3cc4c(cc3C)C(=O)N3Cc5ccccc5CC3CN4C)cc(NC(=O)CCC(C)(C)SSCCC(C(=O)CCCN3C(=O)CC(SC)C3=O)S(=O)(=O)OC)c1)NC[C@H]1Cc3ccccc3CN1C2=O. The van der Waals surface area contributed by atoms with Crippen molar-refractivity contribution in [2.24, 2.45) is 0 Å². The fourth-order valence-corrected chi connectivity index (χ4v) is 16.5. The fourth-order valence-electron chi connectivity index (χ4n) is 12.0. The third-order valence-corrected chi connectivity index (χ3v) is 22.8. The highest BCUT2D eigenvalue weighted by Crippen LogP contribution is 2.42. The lowest BCUT2D eigenvalue weighted by Crippen LogP contribution is -2.47. The first-order chi connectivity index (χ1) is 41.2. The maximum absolute atomic E-state index is 14.3. The Morgan fingerprint density at radius 2 is 1.42 bits per heavy atom. The zero-order valence-corrected chi connectivity index (χ0v) is 52.9. The summed E-state index contributed by atoms with van der Waals surface area (Å²) in [5, 5.41) is 4.78. The Morgan fingerprint density at radius 1 is 0.779 bits per heavy atom. The summed E-state index contributed by atoms with van der Waals surface area (Å²) in [5.41, 5.74) is 10.2. The molecule has 10 rings (SSSR count). The van der Waals surface area contributed by atoms with Gasteiger partial charge in [-0.15, -0.1) is 0 Å². The van der Waals surface area contributed by atoms with E-state index in [-0.39, 0.29) is 93.5 Å². The van der Waals surface area contributed by atoms with E-state index in [4.69, 9.17) is 18.4 Å². The molecule has 18 nitrogen and oxygen atoms in total. The number of thioether (sulfide) groups is 1. The van der Waals surface area contributed by atoms with E-state index in [9.17, 15) is 37.2 Å². The summed E-state index contributed by atoms with van der Waals surface area (Å²) in [5.74, 6) is 0.279. The normalized spacial score (nSPS) is 18.6. The number of fused-ring (bicyclic) bond motifs is 6. The number of likely N-dealkylation sites (N-methyl/N-ethyl adjacent to an activating group) is 1. The molecule has 0 aliphatic carbocycles. The van der Waals surface area contributed by atoms with Crippen LogP contribution in [0.3, 0.4) is 0 Å². The van der Waals surface area contributed by atoms with Crippen molar-refractivity contribution < 1.29 is 55.6 Å². The fraction of sp³-hybridized carbons (Fsp3) is 0.438. The highest BCUT2D eigenvalue weighted by molar-refractivity contribution is 8.77. The van der Waals surface area contributed by atoms with E-state index in [1.807, 2.05) is 98.3 Å². The zero-order valence-electron chi connectivity index (χ0n) is 49.6. The summed E-state index contributed by atoms with van der Waals surface area (Å²) in [6, 6.07) is 29.6. The number of hydrogen-bond acceptors (Lipinski definition) is 17. The predicted molar refractivity (Wildman–Crippen MR) is 338 cm³/mol. The molecule has 5 aliphatic heterocycles. The van der Waals surface area contributed by atoms with Crippen molar-refractivity contribution in [3.05, 3.63) is 141 Å². The molecule has 22 heteroatoms. The van der Waals surface area contributed by atoms with Crippen molar-refractivity contribution in [2.75, 3.05) is 68.4 Å². The van der Waals surface area contributed by atoms with Gasteiger partial charge in [0.2, 0.25) is 17.7 Å². The summed E-state index contributed by atoms with van der Waals surface area (Å²) in [4.78, 5) is 87.9. The topological polar surface area (TPSA) is 210 Å². The van der Waals surface area contributed by atoms with Gasteiger partial charge in [0, 0.05) is 87.4 Å². The van der Waals surface area contributed by atoms with Gasteiger partial charge in [0.05, 0.1) is 54.1 Å². The lowest BCUT2D eigenvalue weighted by molar-refractivity contribution is -0.138. The molecule has 5 aromatic carbocycles. The minimum Gasteiger partial charge on any atom is -0.493 e. The van der Waals surface area contributed by atoms with E-state index in [1.54, 1.807) is 19.4 Å². The van der Waals surface area contributed by atoms with Gasteiger partial charge >= 0.3 is 0 Å². The van der Waals surface area contributed by atoms with Gasteiger partial charge in [-0.2, -0.15) is 20.2 Å². The van der Waals surface area contributed by atoms with Crippen molar-refractivity contribution in [3.63, 3.8) is 0 Å². The number of nitrogens with zero attached hydrogens (tertiary/aromatic N) is 4. The van der Waals surface area contributed by atoms with Crippen LogP contribution in [-0.2, 0) is 72.6 Å². The average molecular weight is 1250 g/mol. The number of carbonyl (C=O) groups excluding carboxylic acids is 6. The molecule has 1 fully saturated rings. The molecule has 0 bridgehead atoms. The number of methoxy groups -OCH3 is 1. The number of hydrogen-bond donors (Lipinski definition) is 2. The lowest BCUT2D eigenvalue weighted by Gasteiger charge is -2.36. The molecule has 5 heterocycles. The summed E-state index contributed by atoms with van der Waals surface area (Å²) in [6.45, 7) is 8.44. The van der Waals surface area contributed by atoms with E-state index in [2.05, 4.69) is 39.8 Å². The molecule has 0 aromatic heterocycles. The molecule has 0 saturated carbocycles. The maximum atomic E-state index is 14.3. The van der Waals surface area contributed by atoms with Crippen LogP contribution in [0.4, 0.5) is 17.1 Å². The summed E-state index contributed by atoms with van der Waals surface area (Å²) in [6.07, 6.45) is 4.00. The van der Waals surface area contributed by atoms with Crippen molar-refractivity contribution >= 4 is 95.8 Å². The summed E-state index contributed by atoms with van der Waals surface area (Å²) in [7, 11) is 3.25. The quantitative estimate of drug-likeness (QED) is 0.0255. The van der Waals surface area contributed by atoms with Gasteiger partial charge in [-0.1, -0.05) is 70.1 Å². The Morgan fingerprint density at radius 3 is 2.07 bits per heavy atom. The maximum Gasteiger partial charge on any atom is 0.277 e. The van der Waals surface area contributed by atoms with Gasteiger partial charge < -0.3 is 39.5 Å². The van der Waals surface area contributed by atoms with Gasteiger partial charge in [-0.25, -0.2) is 0 Å². The van der Waals surface area contributed by atoms with Crippen LogP contribution in [0.2, 0.25) is 0 Å². The Kier molecular flexibility index (Phi) is 19.4. The van der Waals surface area contributed by atoms with E-state index < -0.39 is 31.1 Å². The number of rotatable bonds is 24. The predicted octanol–water partition coefficient (Wildman–Crippen LogP) is 9.62. The number of carbonyl (C=O) groups is 6. The average Bonchev–Trinajstić information content (AvgIpc) is 3.31. The summed E-state index contributed by atoms with van der Waals surface area (Å²) < 4.78 is 49.3. The number of benzene rings is 5. The molecule has 1 saturated heterocycles. The van der Waals surface area contributed by atoms with Crippen LogP contribution >= 0.6 is 33.3 Å². The first-order valence-corrected chi connectivity index (χ1v) is 34.1. The molecule has 0 spiro atoms. The largest absolute Gasteiger partial charge is 0.493 e. The second-order valence-corrected chi connectivity index (χ2v) is 29.3. The molecule has 5 aliphatic rings. The van der Waals surface area contributed by atoms with Crippen molar-refractivity contribution in [3.8, 4) is 17.2 Å². The Hall–Kier alpha value is -6.72. The van der Waals surface area contributed by atoms with Crippen LogP contribution in [0.25, 0.3) is 0 Å². The molecule has 0 radical (unpaired) electrons. The standard InChI is InChI=1S/C64H74N6O12S4/c1-39-23-50-52(67(4)36-48-28-43-14-9-11-16-45(43)35-70(48)62(50)75)31-54(39)81-37-40-24-41(38-82-56-30-51-49(29-55(56)79-5)61(74)69-34-44-15-10-8-13-42(44)27-47(69)33-65-51)26-46(25-40)66-59(72)18-20-64(2,3)85-84-22-19-58(86(77,78)80-6)53(71)17-12-21-68-60(73)32-57(83-7)63(68)76/h8-11,13-16,23-26,29-31,47-48,57-58,65H,12,17-22,27-28,32-38H2,1-7H3,(H,66,72)/t47-,48?,57?,58?/m1/s1. The number of anilines is 3. The highest BCUT2D eigenvalue weighted by Gasteiger charge is 2.40. The number of nitrogens with one attached hydrogen (secondary N) is 2. The molecule has 86 heavy (non-hydrogen) atoms. The second-order valence-electron chi connectivity index (χ2n) is 23.2. The van der Waals surface area contributed by atoms with Crippen LogP contribution in [0, 0.1) is 6.92 Å². The van der Waals surface area contributed by atoms with E-state index in [0.29, 0.717) is 78.1 Å². The molecular weight excluding hydrogens is 1170 g/mol. The number of ether oxygens (including phenoxy) is 3. The van der Waals surface area contributed by atoms with Gasteiger partial charge in [-0.05, 0) is 128 Å². The van der Waals surface area contributed by atoms with E-state index in [1.165, 1.54) is 50.0 Å². The molecule has 4 atom stereocenters. The minimum absolute atomic E-state index is 0.00628. The third-order valence-electron chi connectivity index (χ3n) is 16.8. The van der Waals surface area contributed by atoms with Crippen LogP contribution < -0.4 is 29.7 Å². The van der Waals surface area contributed by atoms with Crippen LogP contribution in [0.1, 0.15) is 112 Å². The second kappa shape index (κ2) is 26.7. The van der Waals surface area contributed by atoms with Gasteiger partial charge in [0.15, 0.2) is 17.3 Å². The Balaban J connectivity index is 0.812. The third kappa shape index (κ3) is 14.0. The first-order valence-electron chi connectivity index (χ1n) is 29.0. The lowest BCUT2D eigenvalue weighted by atomic mass is 9.93. The monoisotopic (exact) mass is 1250 g/mol. The molecule has 456 valence electrons. The van der Waals surface area contributed by atoms with Gasteiger partial charge in [-0.3, -0.25) is 37.9 Å². The number of aryl methyl sites for hydroxylation is 1. The van der Waals surface area contributed by atoms with E-state index in [0.717, 1.165) is 52.8 Å². The molecule has 2 N–H and O–H groups in total. The van der Waals surface area contributed by atoms with E-state index >= 15 is 0 Å². The zero-order chi connectivity index (χ0) is 61.0. The van der Waals surface area contributed by atoms with Crippen LogP contribution in [0.5, 0.6) is 17.2 Å². The highest BCUT2D eigenvalue weighted by atomic mass is 33.1. The first kappa shape index (κ1) is 62.3. The van der Waals surface area contributed by atoms with Crippen molar-refractivity contribution in [1.82, 2.24) is 14.7 Å². The molecule has 5 amide bonds. The number of imide groups is 1.